The number of nitrogens with one attached hydrogen (secondary N) is 1. The number of hydrogen-bond acceptors (Lipinski definition) is 5. The van der Waals surface area contributed by atoms with Crippen LogP contribution in [0.1, 0.15) is 22.5 Å². The van der Waals surface area contributed by atoms with Gasteiger partial charge in [-0.25, -0.2) is 0 Å². The molecule has 0 saturated carbocycles. The Hall–Kier alpha value is -3.48. The lowest BCUT2D eigenvalue weighted by Gasteiger charge is -2.04. The third kappa shape index (κ3) is 3.94. The second-order valence-electron chi connectivity index (χ2n) is 5.91. The first kappa shape index (κ1) is 17.3. The third-order valence-electron chi connectivity index (χ3n) is 4.06. The van der Waals surface area contributed by atoms with Crippen LogP contribution >= 0.6 is 0 Å². The summed E-state index contributed by atoms with van der Waals surface area (Å²) in [4.78, 5) is 10.4. The highest BCUT2D eigenvalue weighted by atomic mass is 16.6. The van der Waals surface area contributed by atoms with Crippen molar-refractivity contribution in [2.45, 2.75) is 20.4 Å². The Balaban J connectivity index is 1.74. The third-order valence-corrected chi connectivity index (χ3v) is 4.06. The molecule has 1 heterocycles. The van der Waals surface area contributed by atoms with Crippen molar-refractivity contribution in [3.05, 3.63) is 87.2 Å². The lowest BCUT2D eigenvalue weighted by Crippen LogP contribution is -2.04. The van der Waals surface area contributed by atoms with Crippen LogP contribution in [0.15, 0.2) is 59.7 Å². The first-order chi connectivity index (χ1) is 12.5. The first-order valence-corrected chi connectivity index (χ1v) is 8.16. The van der Waals surface area contributed by atoms with Crippen LogP contribution in [0.5, 0.6) is 0 Å². The average molecular weight is 349 g/mol. The predicted octanol–water partition coefficient (Wildman–Crippen LogP) is 3.90. The summed E-state index contributed by atoms with van der Waals surface area (Å²) in [6.07, 6.45) is 1.69. The maximum absolute atomic E-state index is 10.8. The highest BCUT2D eigenvalue weighted by Gasteiger charge is 2.10. The molecule has 132 valence electrons. The van der Waals surface area contributed by atoms with E-state index >= 15 is 0 Å². The minimum atomic E-state index is -0.434. The molecule has 2 aromatic carbocycles. The summed E-state index contributed by atoms with van der Waals surface area (Å²) in [5.74, 6) is 0. The zero-order valence-electron chi connectivity index (χ0n) is 14.6. The summed E-state index contributed by atoms with van der Waals surface area (Å²) in [5, 5.41) is 19.6. The van der Waals surface area contributed by atoms with E-state index < -0.39 is 4.92 Å². The summed E-state index contributed by atoms with van der Waals surface area (Å²) in [5.41, 5.74) is 7.40. The summed E-state index contributed by atoms with van der Waals surface area (Å²) in [6.45, 7) is 4.63. The van der Waals surface area contributed by atoms with Crippen LogP contribution in [0, 0.1) is 24.0 Å². The molecular weight excluding hydrogens is 330 g/mol. The van der Waals surface area contributed by atoms with Crippen molar-refractivity contribution in [1.29, 1.82) is 0 Å². The van der Waals surface area contributed by atoms with Gasteiger partial charge in [-0.1, -0.05) is 36.4 Å². The SMILES string of the molecule is Cc1nn(Cc2ccccc2)c(C)c1C=NNc1cccc([N+](=O)[O-])c1. The number of nitro benzene ring substituents is 1. The van der Waals surface area contributed by atoms with Gasteiger partial charge in [-0.05, 0) is 25.5 Å². The number of hydrazone groups is 1. The molecule has 3 rings (SSSR count). The molecule has 0 spiro atoms. The predicted molar refractivity (Wildman–Crippen MR) is 102 cm³/mol. The summed E-state index contributed by atoms with van der Waals surface area (Å²) >= 11 is 0. The van der Waals surface area contributed by atoms with E-state index in [2.05, 4.69) is 27.8 Å². The minimum absolute atomic E-state index is 0.0215. The molecule has 1 N–H and O–H groups in total. The molecule has 0 aliphatic carbocycles. The van der Waals surface area contributed by atoms with Crippen LogP contribution < -0.4 is 5.43 Å². The van der Waals surface area contributed by atoms with Gasteiger partial charge < -0.3 is 0 Å². The maximum Gasteiger partial charge on any atom is 0.271 e. The molecule has 0 fully saturated rings. The zero-order chi connectivity index (χ0) is 18.5. The molecule has 0 unspecified atom stereocenters. The van der Waals surface area contributed by atoms with E-state index in [1.54, 1.807) is 18.3 Å². The molecule has 7 nitrogen and oxygen atoms in total. The van der Waals surface area contributed by atoms with Gasteiger partial charge in [0.05, 0.1) is 29.1 Å². The first-order valence-electron chi connectivity index (χ1n) is 8.16. The Morgan fingerprint density at radius 3 is 2.69 bits per heavy atom. The number of aromatic nitrogens is 2. The topological polar surface area (TPSA) is 85.3 Å². The van der Waals surface area contributed by atoms with Gasteiger partial charge in [-0.3, -0.25) is 20.2 Å². The van der Waals surface area contributed by atoms with Gasteiger partial charge in [0.2, 0.25) is 0 Å². The van der Waals surface area contributed by atoms with E-state index in [1.807, 2.05) is 36.7 Å². The number of nitro groups is 1. The molecule has 0 bridgehead atoms. The van der Waals surface area contributed by atoms with Gasteiger partial charge >= 0.3 is 0 Å². The smallest absolute Gasteiger partial charge is 0.271 e. The molecule has 0 aliphatic rings. The molecule has 0 atom stereocenters. The standard InChI is InChI=1S/C19H19N5O2/c1-14-19(12-20-21-17-9-6-10-18(11-17)24(25)26)15(2)23(22-14)13-16-7-4-3-5-8-16/h3-12,21H,13H2,1-2H3. The molecule has 0 aliphatic heterocycles. The molecule has 26 heavy (non-hydrogen) atoms. The van der Waals surface area contributed by atoms with Crippen molar-refractivity contribution in [3.8, 4) is 0 Å². The highest BCUT2D eigenvalue weighted by molar-refractivity contribution is 5.83. The largest absolute Gasteiger partial charge is 0.278 e. The van der Waals surface area contributed by atoms with E-state index in [1.165, 1.54) is 17.7 Å². The van der Waals surface area contributed by atoms with Gasteiger partial charge in [-0.15, -0.1) is 0 Å². The van der Waals surface area contributed by atoms with Crippen molar-refractivity contribution >= 4 is 17.6 Å². The minimum Gasteiger partial charge on any atom is -0.278 e. The number of non-ortho nitro benzene ring substituents is 1. The molecule has 7 heteroatoms. The Morgan fingerprint density at radius 1 is 1.19 bits per heavy atom. The normalized spacial score (nSPS) is 11.0. The van der Waals surface area contributed by atoms with E-state index in [9.17, 15) is 10.1 Å². The number of benzene rings is 2. The van der Waals surface area contributed by atoms with Gasteiger partial charge in [-0.2, -0.15) is 10.2 Å². The lowest BCUT2D eigenvalue weighted by atomic mass is 10.2. The molecule has 3 aromatic rings. The van der Waals surface area contributed by atoms with Gasteiger partial charge in [0.15, 0.2) is 0 Å². The Kier molecular flexibility index (Phi) is 5.07. The fourth-order valence-electron chi connectivity index (χ4n) is 2.67. The van der Waals surface area contributed by atoms with Crippen LogP contribution in [0.2, 0.25) is 0 Å². The summed E-state index contributed by atoms with van der Waals surface area (Å²) in [6, 6.07) is 16.4. The Bertz CT molecular complexity index is 948. The number of rotatable bonds is 6. The number of nitrogens with zero attached hydrogens (tertiary/aromatic N) is 4. The van der Waals surface area contributed by atoms with Crippen LogP contribution in [-0.2, 0) is 6.54 Å². The summed E-state index contributed by atoms with van der Waals surface area (Å²) < 4.78 is 1.94. The monoisotopic (exact) mass is 349 g/mol. The van der Waals surface area contributed by atoms with Crippen molar-refractivity contribution in [1.82, 2.24) is 9.78 Å². The molecule has 0 saturated heterocycles. The van der Waals surface area contributed by atoms with Crippen molar-refractivity contribution in [3.63, 3.8) is 0 Å². The fraction of sp³-hybridized carbons (Fsp3) is 0.158. The molecule has 0 radical (unpaired) electrons. The molecule has 1 aromatic heterocycles. The van der Waals surface area contributed by atoms with Gasteiger partial charge in [0.1, 0.15) is 0 Å². The lowest BCUT2D eigenvalue weighted by molar-refractivity contribution is -0.384. The number of anilines is 1. The van der Waals surface area contributed by atoms with E-state index in [-0.39, 0.29) is 5.69 Å². The van der Waals surface area contributed by atoms with Crippen LogP contribution in [-0.4, -0.2) is 20.9 Å². The van der Waals surface area contributed by atoms with Crippen molar-refractivity contribution < 1.29 is 4.92 Å². The van der Waals surface area contributed by atoms with Gasteiger partial charge in [0.25, 0.3) is 5.69 Å². The van der Waals surface area contributed by atoms with E-state index in [4.69, 9.17) is 0 Å². The number of hydrogen-bond donors (Lipinski definition) is 1. The summed E-state index contributed by atoms with van der Waals surface area (Å²) in [7, 11) is 0. The second kappa shape index (κ2) is 7.60. The number of aryl methyl sites for hydroxylation is 1. The van der Waals surface area contributed by atoms with E-state index in [0.717, 1.165) is 17.0 Å². The van der Waals surface area contributed by atoms with Crippen LogP contribution in [0.25, 0.3) is 0 Å². The fourth-order valence-corrected chi connectivity index (χ4v) is 2.67. The van der Waals surface area contributed by atoms with E-state index in [0.29, 0.717) is 12.2 Å². The van der Waals surface area contributed by atoms with Crippen molar-refractivity contribution in [2.24, 2.45) is 5.10 Å². The average Bonchev–Trinajstić information content (AvgIpc) is 2.90. The van der Waals surface area contributed by atoms with Gasteiger partial charge in [0, 0.05) is 23.4 Å². The quantitative estimate of drug-likeness (QED) is 0.415. The maximum atomic E-state index is 10.8. The van der Waals surface area contributed by atoms with Crippen LogP contribution in [0.3, 0.4) is 0 Å². The highest BCUT2D eigenvalue weighted by Crippen LogP contribution is 2.17. The van der Waals surface area contributed by atoms with Crippen LogP contribution in [0.4, 0.5) is 11.4 Å². The molecular formula is C19H19N5O2. The second-order valence-corrected chi connectivity index (χ2v) is 5.91. The Morgan fingerprint density at radius 2 is 1.96 bits per heavy atom. The molecule has 0 amide bonds. The van der Waals surface area contributed by atoms with Crippen molar-refractivity contribution in [2.75, 3.05) is 5.43 Å². The zero-order valence-corrected chi connectivity index (χ0v) is 14.6. The Labute approximate surface area is 151 Å².